The van der Waals surface area contributed by atoms with E-state index in [0.29, 0.717) is 5.39 Å². The third-order valence-corrected chi connectivity index (χ3v) is 5.09. The number of fused-ring (bicyclic) bond motifs is 1. The lowest BCUT2D eigenvalue weighted by atomic mass is 10.1. The number of hydrogen-bond donors (Lipinski definition) is 0. The highest BCUT2D eigenvalue weighted by molar-refractivity contribution is 6.39. The Morgan fingerprint density at radius 1 is 1.07 bits per heavy atom. The number of aromatic nitrogens is 3. The third kappa shape index (κ3) is 3.32. The van der Waals surface area contributed by atoms with Crippen molar-refractivity contribution in [3.8, 4) is 11.3 Å². The molecule has 6 nitrogen and oxygen atoms in total. The van der Waals surface area contributed by atoms with Crippen LogP contribution in [0.5, 0.6) is 0 Å². The normalized spacial score (nSPS) is 10.9. The monoisotopic (exact) mass is 443 g/mol. The predicted molar refractivity (Wildman–Crippen MR) is 110 cm³/mol. The van der Waals surface area contributed by atoms with Gasteiger partial charge in [-0.25, -0.2) is 14.2 Å². The molecule has 0 radical (unpaired) electrons. The molecule has 0 spiro atoms. The minimum atomic E-state index is -0.698. The number of benzene rings is 2. The molecule has 0 amide bonds. The molecule has 0 N–H and O–H groups in total. The van der Waals surface area contributed by atoms with Crippen molar-refractivity contribution >= 4 is 46.1 Å². The smallest absolute Gasteiger partial charge is 0.337 e. The zero-order valence-electron chi connectivity index (χ0n) is 15.4. The molecule has 9 heteroatoms. The Balaban J connectivity index is 1.91. The lowest BCUT2D eigenvalue weighted by Crippen LogP contribution is -2.15. The number of rotatable bonds is 3. The molecule has 4 rings (SSSR count). The summed E-state index contributed by atoms with van der Waals surface area (Å²) in [6.45, 7) is 0. The summed E-state index contributed by atoms with van der Waals surface area (Å²) in [6, 6.07) is 11.9. The zero-order chi connectivity index (χ0) is 21.4. The van der Waals surface area contributed by atoms with E-state index in [4.69, 9.17) is 23.2 Å². The maximum atomic E-state index is 14.8. The summed E-state index contributed by atoms with van der Waals surface area (Å²) in [5, 5.41) is 5.06. The van der Waals surface area contributed by atoms with Gasteiger partial charge in [-0.3, -0.25) is 4.79 Å². The van der Waals surface area contributed by atoms with E-state index < -0.39 is 17.7 Å². The van der Waals surface area contributed by atoms with Gasteiger partial charge < -0.3 is 4.74 Å². The fourth-order valence-electron chi connectivity index (χ4n) is 3.05. The fraction of sp³-hybridized carbons (Fsp3) is 0.0476. The molecule has 30 heavy (non-hydrogen) atoms. The predicted octanol–water partition coefficient (Wildman–Crippen LogP) is 5.02. The summed E-state index contributed by atoms with van der Waals surface area (Å²) in [5.74, 6) is -1.97. The molecule has 0 aliphatic rings. The van der Waals surface area contributed by atoms with Gasteiger partial charge in [-0.2, -0.15) is 9.78 Å². The molecule has 0 unspecified atom stereocenters. The number of nitrogens with zero attached hydrogens (tertiary/aromatic N) is 3. The zero-order valence-corrected chi connectivity index (χ0v) is 16.9. The molecule has 0 atom stereocenters. The molecule has 2 aromatic heterocycles. The molecule has 0 aliphatic carbocycles. The number of halogens is 3. The Morgan fingerprint density at radius 3 is 2.47 bits per heavy atom. The van der Waals surface area contributed by atoms with Crippen LogP contribution < -0.4 is 0 Å². The molecule has 0 saturated heterocycles. The standard InChI is InChI=1S/C21H12Cl2FN3O3/c1-30-21(29)11-7-8-12(16(24)10-11)18-13-4-3-9-25-19(13)27(26-18)20(28)17-14(22)5-2-6-15(17)23/h2-10H,1H3. The van der Waals surface area contributed by atoms with Gasteiger partial charge in [0.05, 0.1) is 28.3 Å². The van der Waals surface area contributed by atoms with E-state index in [1.54, 1.807) is 18.2 Å². The number of ether oxygens (including phenoxy) is 1. The van der Waals surface area contributed by atoms with Crippen molar-refractivity contribution in [2.24, 2.45) is 0 Å². The topological polar surface area (TPSA) is 74.1 Å². The van der Waals surface area contributed by atoms with Crippen LogP contribution in [0, 0.1) is 5.82 Å². The summed E-state index contributed by atoms with van der Waals surface area (Å²) in [5.41, 5.74) is 0.606. The second-order valence-electron chi connectivity index (χ2n) is 6.22. The van der Waals surface area contributed by atoms with Crippen molar-refractivity contribution in [1.82, 2.24) is 14.8 Å². The van der Waals surface area contributed by atoms with Gasteiger partial charge in [-0.1, -0.05) is 29.3 Å². The molecular weight excluding hydrogens is 432 g/mol. The fourth-order valence-corrected chi connectivity index (χ4v) is 3.61. The highest BCUT2D eigenvalue weighted by atomic mass is 35.5. The maximum absolute atomic E-state index is 14.8. The highest BCUT2D eigenvalue weighted by Crippen LogP contribution is 2.31. The Morgan fingerprint density at radius 2 is 1.80 bits per heavy atom. The van der Waals surface area contributed by atoms with E-state index in [0.717, 1.165) is 10.7 Å². The van der Waals surface area contributed by atoms with Crippen LogP contribution in [0.3, 0.4) is 0 Å². The first kappa shape index (κ1) is 20.0. The molecule has 0 fully saturated rings. The van der Waals surface area contributed by atoms with Gasteiger partial charge in [0.1, 0.15) is 11.5 Å². The number of pyridine rings is 1. The van der Waals surface area contributed by atoms with E-state index in [2.05, 4.69) is 14.8 Å². The van der Waals surface area contributed by atoms with Crippen LogP contribution in [-0.2, 0) is 4.74 Å². The number of methoxy groups -OCH3 is 1. The van der Waals surface area contributed by atoms with Crippen LogP contribution in [0.2, 0.25) is 10.0 Å². The van der Waals surface area contributed by atoms with Crippen molar-refractivity contribution in [3.05, 3.63) is 81.7 Å². The third-order valence-electron chi connectivity index (χ3n) is 4.46. The summed E-state index contributed by atoms with van der Waals surface area (Å²) < 4.78 is 20.5. The Kier molecular flexibility index (Phi) is 5.24. The van der Waals surface area contributed by atoms with Crippen LogP contribution in [0.1, 0.15) is 20.7 Å². The van der Waals surface area contributed by atoms with Crippen LogP contribution in [0.4, 0.5) is 4.39 Å². The van der Waals surface area contributed by atoms with Crippen molar-refractivity contribution in [3.63, 3.8) is 0 Å². The minimum Gasteiger partial charge on any atom is -0.465 e. The van der Waals surface area contributed by atoms with Crippen molar-refractivity contribution in [2.45, 2.75) is 0 Å². The van der Waals surface area contributed by atoms with Crippen LogP contribution >= 0.6 is 23.2 Å². The van der Waals surface area contributed by atoms with E-state index >= 15 is 0 Å². The molecule has 0 bridgehead atoms. The highest BCUT2D eigenvalue weighted by Gasteiger charge is 2.24. The molecule has 150 valence electrons. The number of carbonyl (C=O) groups excluding carboxylic acids is 2. The lowest BCUT2D eigenvalue weighted by molar-refractivity contribution is 0.0600. The summed E-state index contributed by atoms with van der Waals surface area (Å²) in [6.07, 6.45) is 1.49. The molecule has 0 aliphatic heterocycles. The van der Waals surface area contributed by atoms with Gasteiger partial charge in [0, 0.05) is 17.1 Å². The second-order valence-corrected chi connectivity index (χ2v) is 7.04. The maximum Gasteiger partial charge on any atom is 0.337 e. The Hall–Kier alpha value is -3.29. The van der Waals surface area contributed by atoms with Crippen LogP contribution in [0.25, 0.3) is 22.3 Å². The summed E-state index contributed by atoms with van der Waals surface area (Å²) >= 11 is 12.3. The van der Waals surface area contributed by atoms with E-state index in [-0.39, 0.29) is 38.1 Å². The van der Waals surface area contributed by atoms with Crippen LogP contribution in [-0.4, -0.2) is 33.8 Å². The van der Waals surface area contributed by atoms with Crippen molar-refractivity contribution in [1.29, 1.82) is 0 Å². The van der Waals surface area contributed by atoms with Crippen LogP contribution in [0.15, 0.2) is 54.7 Å². The molecule has 2 heterocycles. The number of hydrogen-bond acceptors (Lipinski definition) is 5. The molecular formula is C21H12Cl2FN3O3. The molecule has 4 aromatic rings. The molecule has 2 aromatic carbocycles. The van der Waals surface area contributed by atoms with Crippen molar-refractivity contribution < 1.29 is 18.7 Å². The first-order chi connectivity index (χ1) is 14.4. The minimum absolute atomic E-state index is 0.0551. The number of esters is 1. The largest absolute Gasteiger partial charge is 0.465 e. The van der Waals surface area contributed by atoms with Gasteiger partial charge >= 0.3 is 5.97 Å². The average molecular weight is 444 g/mol. The first-order valence-electron chi connectivity index (χ1n) is 8.63. The molecule has 0 saturated carbocycles. The second kappa shape index (κ2) is 7.85. The summed E-state index contributed by atoms with van der Waals surface area (Å²) in [4.78, 5) is 29.0. The summed E-state index contributed by atoms with van der Waals surface area (Å²) in [7, 11) is 1.21. The van der Waals surface area contributed by atoms with Gasteiger partial charge in [0.25, 0.3) is 5.91 Å². The average Bonchev–Trinajstić information content (AvgIpc) is 3.12. The van der Waals surface area contributed by atoms with E-state index in [1.807, 2.05) is 0 Å². The van der Waals surface area contributed by atoms with E-state index in [1.165, 1.54) is 37.6 Å². The van der Waals surface area contributed by atoms with Gasteiger partial charge in [0.2, 0.25) is 0 Å². The van der Waals surface area contributed by atoms with Crippen molar-refractivity contribution in [2.75, 3.05) is 7.11 Å². The van der Waals surface area contributed by atoms with Gasteiger partial charge in [0.15, 0.2) is 5.65 Å². The first-order valence-corrected chi connectivity index (χ1v) is 9.38. The van der Waals surface area contributed by atoms with Gasteiger partial charge in [-0.05, 0) is 42.5 Å². The number of carbonyl (C=O) groups is 2. The quantitative estimate of drug-likeness (QED) is 0.415. The Bertz CT molecular complexity index is 1300. The lowest BCUT2D eigenvalue weighted by Gasteiger charge is -2.06. The van der Waals surface area contributed by atoms with E-state index in [9.17, 15) is 14.0 Å². The van der Waals surface area contributed by atoms with Gasteiger partial charge in [-0.15, -0.1) is 0 Å². The SMILES string of the molecule is COC(=O)c1ccc(-c2nn(C(=O)c3c(Cl)cccc3Cl)c3ncccc23)c(F)c1. The Labute approximate surface area is 179 Å².